The standard InChI is InChI=1S/C19H34O5/c1-18(2,13-10-16(21)22)12-7-9-15(20)8-5-6-11-19(3,4)14-17(23)24/h5-14H2,1-4H3,(H,21,22)(H,23,24). The smallest absolute Gasteiger partial charge is 0.303 e. The van der Waals surface area contributed by atoms with Gasteiger partial charge in [-0.05, 0) is 42.9 Å². The summed E-state index contributed by atoms with van der Waals surface area (Å²) in [4.78, 5) is 33.3. The van der Waals surface area contributed by atoms with Crippen LogP contribution in [0.4, 0.5) is 0 Å². The highest BCUT2D eigenvalue weighted by Crippen LogP contribution is 2.30. The predicted octanol–water partition coefficient (Wildman–Crippen LogP) is 4.68. The van der Waals surface area contributed by atoms with Crippen molar-refractivity contribution in [3.05, 3.63) is 0 Å². The third-order valence-electron chi connectivity index (χ3n) is 4.51. The molecular formula is C19H34O5. The first-order chi connectivity index (χ1) is 10.9. The van der Waals surface area contributed by atoms with Crippen LogP contribution in [0.1, 0.15) is 91.9 Å². The van der Waals surface area contributed by atoms with Crippen molar-refractivity contribution in [2.24, 2.45) is 10.8 Å². The number of rotatable bonds is 14. The van der Waals surface area contributed by atoms with E-state index in [0.29, 0.717) is 19.3 Å². The van der Waals surface area contributed by atoms with Crippen LogP contribution in [0, 0.1) is 10.8 Å². The van der Waals surface area contributed by atoms with Crippen molar-refractivity contribution in [3.63, 3.8) is 0 Å². The summed E-state index contributed by atoms with van der Waals surface area (Å²) < 4.78 is 0. The maximum absolute atomic E-state index is 11.9. The molecule has 0 heterocycles. The topological polar surface area (TPSA) is 91.7 Å². The van der Waals surface area contributed by atoms with Gasteiger partial charge in [0.1, 0.15) is 5.78 Å². The minimum atomic E-state index is -0.776. The molecule has 0 aromatic rings. The fourth-order valence-electron chi connectivity index (χ4n) is 2.88. The lowest BCUT2D eigenvalue weighted by atomic mass is 9.82. The number of Topliss-reactive ketones (excluding diaryl/α,β-unsaturated/α-hetero) is 1. The third kappa shape index (κ3) is 13.1. The quantitative estimate of drug-likeness (QED) is 0.447. The Kier molecular flexibility index (Phi) is 9.86. The van der Waals surface area contributed by atoms with Gasteiger partial charge in [-0.2, -0.15) is 0 Å². The summed E-state index contributed by atoms with van der Waals surface area (Å²) in [6, 6.07) is 0. The van der Waals surface area contributed by atoms with Gasteiger partial charge in [0.2, 0.25) is 0 Å². The SMILES string of the molecule is CC(C)(CCCC(=O)CCCCC(C)(C)CC(=O)O)CCC(=O)O. The number of carboxylic acid groups (broad SMARTS) is 2. The number of hydrogen-bond donors (Lipinski definition) is 2. The summed E-state index contributed by atoms with van der Waals surface area (Å²) in [6.07, 6.45) is 6.23. The molecule has 0 aromatic carbocycles. The Labute approximate surface area is 145 Å². The molecule has 0 saturated carbocycles. The van der Waals surface area contributed by atoms with E-state index >= 15 is 0 Å². The lowest BCUT2D eigenvalue weighted by Crippen LogP contribution is -2.16. The zero-order valence-corrected chi connectivity index (χ0v) is 15.7. The second-order valence-electron chi connectivity index (χ2n) is 8.39. The van der Waals surface area contributed by atoms with Crippen molar-refractivity contribution < 1.29 is 24.6 Å². The van der Waals surface area contributed by atoms with Gasteiger partial charge in [0, 0.05) is 19.3 Å². The first-order valence-corrected chi connectivity index (χ1v) is 8.89. The van der Waals surface area contributed by atoms with Crippen LogP contribution in [0.15, 0.2) is 0 Å². The van der Waals surface area contributed by atoms with Gasteiger partial charge in [-0.15, -0.1) is 0 Å². The molecule has 0 rings (SSSR count). The molecule has 0 amide bonds. The summed E-state index contributed by atoms with van der Waals surface area (Å²) >= 11 is 0. The van der Waals surface area contributed by atoms with Crippen molar-refractivity contribution in [1.82, 2.24) is 0 Å². The Morgan fingerprint density at radius 1 is 0.667 bits per heavy atom. The van der Waals surface area contributed by atoms with E-state index in [0.717, 1.165) is 32.1 Å². The summed E-state index contributed by atoms with van der Waals surface area (Å²) in [5.74, 6) is -1.30. The van der Waals surface area contributed by atoms with Crippen LogP contribution in [-0.4, -0.2) is 27.9 Å². The first kappa shape index (κ1) is 22.6. The molecule has 0 bridgehead atoms. The van der Waals surface area contributed by atoms with Crippen molar-refractivity contribution >= 4 is 17.7 Å². The Morgan fingerprint density at radius 2 is 1.21 bits per heavy atom. The zero-order chi connectivity index (χ0) is 18.8. The van der Waals surface area contributed by atoms with Crippen LogP contribution in [0.5, 0.6) is 0 Å². The first-order valence-electron chi connectivity index (χ1n) is 8.89. The minimum absolute atomic E-state index is 0.0421. The molecule has 5 nitrogen and oxygen atoms in total. The number of carbonyl (C=O) groups excluding carboxylic acids is 1. The summed E-state index contributed by atoms with van der Waals surface area (Å²) in [7, 11) is 0. The van der Waals surface area contributed by atoms with E-state index in [-0.39, 0.29) is 29.5 Å². The Hall–Kier alpha value is -1.39. The van der Waals surface area contributed by atoms with Gasteiger partial charge < -0.3 is 10.2 Å². The third-order valence-corrected chi connectivity index (χ3v) is 4.51. The molecule has 0 fully saturated rings. The average Bonchev–Trinajstić information content (AvgIpc) is 2.40. The molecule has 5 heteroatoms. The van der Waals surface area contributed by atoms with Crippen LogP contribution < -0.4 is 0 Å². The second-order valence-corrected chi connectivity index (χ2v) is 8.39. The predicted molar refractivity (Wildman–Crippen MR) is 94.0 cm³/mol. The summed E-state index contributed by atoms with van der Waals surface area (Å²) in [6.45, 7) is 7.99. The van der Waals surface area contributed by atoms with E-state index in [2.05, 4.69) is 0 Å². The molecule has 0 aliphatic rings. The van der Waals surface area contributed by atoms with Gasteiger partial charge >= 0.3 is 11.9 Å². The van der Waals surface area contributed by atoms with E-state index in [1.807, 2.05) is 27.7 Å². The van der Waals surface area contributed by atoms with Crippen molar-refractivity contribution in [2.75, 3.05) is 0 Å². The molecule has 0 atom stereocenters. The highest BCUT2D eigenvalue weighted by molar-refractivity contribution is 5.78. The van der Waals surface area contributed by atoms with Gasteiger partial charge in [0.25, 0.3) is 0 Å². The number of carbonyl (C=O) groups is 3. The van der Waals surface area contributed by atoms with E-state index < -0.39 is 11.9 Å². The summed E-state index contributed by atoms with van der Waals surface area (Å²) in [5, 5.41) is 17.6. The molecule has 0 unspecified atom stereocenters. The van der Waals surface area contributed by atoms with Crippen LogP contribution in [0.25, 0.3) is 0 Å². The normalized spacial score (nSPS) is 12.2. The molecule has 140 valence electrons. The van der Waals surface area contributed by atoms with Gasteiger partial charge in [-0.3, -0.25) is 14.4 Å². The highest BCUT2D eigenvalue weighted by Gasteiger charge is 2.21. The molecule has 0 radical (unpaired) electrons. The molecule has 2 N–H and O–H groups in total. The number of carboxylic acids is 2. The van der Waals surface area contributed by atoms with Crippen LogP contribution in [0.3, 0.4) is 0 Å². The highest BCUT2D eigenvalue weighted by atomic mass is 16.4. The molecule has 0 saturated heterocycles. The minimum Gasteiger partial charge on any atom is -0.481 e. The van der Waals surface area contributed by atoms with E-state index in [1.165, 1.54) is 0 Å². The molecular weight excluding hydrogens is 308 g/mol. The molecule has 0 aliphatic carbocycles. The van der Waals surface area contributed by atoms with Crippen molar-refractivity contribution in [1.29, 1.82) is 0 Å². The zero-order valence-electron chi connectivity index (χ0n) is 15.7. The van der Waals surface area contributed by atoms with Gasteiger partial charge in [0.05, 0.1) is 6.42 Å². The van der Waals surface area contributed by atoms with Gasteiger partial charge in [-0.25, -0.2) is 0 Å². The Bertz CT molecular complexity index is 423. The fraction of sp³-hybridized carbons (Fsp3) is 0.842. The number of aliphatic carboxylic acids is 2. The lowest BCUT2D eigenvalue weighted by Gasteiger charge is -2.23. The van der Waals surface area contributed by atoms with Crippen LogP contribution >= 0.6 is 0 Å². The molecule has 24 heavy (non-hydrogen) atoms. The van der Waals surface area contributed by atoms with Crippen molar-refractivity contribution in [2.45, 2.75) is 91.9 Å². The second kappa shape index (κ2) is 10.5. The monoisotopic (exact) mass is 342 g/mol. The van der Waals surface area contributed by atoms with Gasteiger partial charge in [0.15, 0.2) is 0 Å². The average molecular weight is 342 g/mol. The largest absolute Gasteiger partial charge is 0.481 e. The van der Waals surface area contributed by atoms with Crippen LogP contribution in [0.2, 0.25) is 0 Å². The van der Waals surface area contributed by atoms with E-state index in [4.69, 9.17) is 10.2 Å². The fourth-order valence-corrected chi connectivity index (χ4v) is 2.88. The molecule has 0 spiro atoms. The summed E-state index contributed by atoms with van der Waals surface area (Å²) in [5.41, 5.74) is -0.261. The maximum Gasteiger partial charge on any atom is 0.303 e. The number of hydrogen-bond acceptors (Lipinski definition) is 3. The Morgan fingerprint density at radius 3 is 1.75 bits per heavy atom. The maximum atomic E-state index is 11.9. The lowest BCUT2D eigenvalue weighted by molar-refractivity contribution is -0.139. The number of ketones is 1. The number of unbranched alkanes of at least 4 members (excludes halogenated alkanes) is 1. The molecule has 0 aliphatic heterocycles. The van der Waals surface area contributed by atoms with E-state index in [1.54, 1.807) is 0 Å². The van der Waals surface area contributed by atoms with Crippen LogP contribution in [-0.2, 0) is 14.4 Å². The Balaban J connectivity index is 3.84. The van der Waals surface area contributed by atoms with E-state index in [9.17, 15) is 14.4 Å². The van der Waals surface area contributed by atoms with Crippen molar-refractivity contribution in [3.8, 4) is 0 Å². The van der Waals surface area contributed by atoms with Gasteiger partial charge in [-0.1, -0.05) is 34.1 Å². The molecule has 0 aromatic heterocycles.